The third-order valence-corrected chi connectivity index (χ3v) is 5.64. The molecule has 1 amide bonds. The van der Waals surface area contributed by atoms with Crippen LogP contribution in [0.5, 0.6) is 0 Å². The maximum absolute atomic E-state index is 13.9. The molecular weight excluding hydrogens is 461 g/mol. The number of ether oxygens (including phenoxy) is 1. The second-order valence-electron chi connectivity index (χ2n) is 8.85. The van der Waals surface area contributed by atoms with E-state index in [0.29, 0.717) is 28.7 Å². The summed E-state index contributed by atoms with van der Waals surface area (Å²) < 4.78 is 47.6. The molecule has 0 saturated carbocycles. The topological polar surface area (TPSA) is 45.3 Å². The molecule has 1 aromatic heterocycles. The van der Waals surface area contributed by atoms with E-state index in [1.54, 1.807) is 32.9 Å². The van der Waals surface area contributed by atoms with Crippen LogP contribution in [0.1, 0.15) is 63.6 Å². The first kappa shape index (κ1) is 22.7. The maximum Gasteiger partial charge on any atom is 0.417 e. The smallest absolute Gasteiger partial charge is 0.417 e. The van der Waals surface area contributed by atoms with Crippen LogP contribution >= 0.6 is 15.9 Å². The van der Waals surface area contributed by atoms with Gasteiger partial charge >= 0.3 is 12.3 Å². The molecule has 8 heteroatoms. The normalized spacial score (nSPS) is 15.7. The molecule has 3 rings (SSSR count). The molecule has 1 aliphatic rings. The van der Waals surface area contributed by atoms with Crippen molar-refractivity contribution < 1.29 is 22.7 Å². The summed E-state index contributed by atoms with van der Waals surface area (Å²) in [4.78, 5) is 16.8. The molecule has 0 atom stereocenters. The Morgan fingerprint density at radius 1 is 1.23 bits per heavy atom. The van der Waals surface area contributed by atoms with Gasteiger partial charge in [-0.05, 0) is 77.9 Å². The van der Waals surface area contributed by atoms with Crippen molar-refractivity contribution in [2.75, 3.05) is 13.1 Å². The lowest BCUT2D eigenvalue weighted by Crippen LogP contribution is -2.39. The highest BCUT2D eigenvalue weighted by Crippen LogP contribution is 2.42. The van der Waals surface area contributed by atoms with Gasteiger partial charge in [-0.15, -0.1) is 0 Å². The molecule has 0 unspecified atom stereocenters. The molecule has 0 fully saturated rings. The van der Waals surface area contributed by atoms with Crippen molar-refractivity contribution in [1.82, 2.24) is 9.88 Å². The van der Waals surface area contributed by atoms with E-state index in [1.807, 2.05) is 13.8 Å². The quantitative estimate of drug-likeness (QED) is 0.491. The zero-order valence-corrected chi connectivity index (χ0v) is 19.3. The summed E-state index contributed by atoms with van der Waals surface area (Å²) in [6.07, 6.45) is -2.92. The first-order valence-electron chi connectivity index (χ1n) is 9.87. The van der Waals surface area contributed by atoms with Gasteiger partial charge in [0.25, 0.3) is 0 Å². The first-order valence-corrected chi connectivity index (χ1v) is 10.7. The van der Waals surface area contributed by atoms with E-state index >= 15 is 0 Å². The number of hydrogen-bond donors (Lipinski definition) is 1. The number of amides is 1. The van der Waals surface area contributed by atoms with Crippen LogP contribution in [-0.4, -0.2) is 34.7 Å². The van der Waals surface area contributed by atoms with Gasteiger partial charge in [0.15, 0.2) is 0 Å². The Hall–Kier alpha value is -1.96. The highest BCUT2D eigenvalue weighted by atomic mass is 79.9. The van der Waals surface area contributed by atoms with Crippen molar-refractivity contribution in [3.8, 4) is 0 Å². The van der Waals surface area contributed by atoms with Crippen LogP contribution in [0.25, 0.3) is 16.5 Å². The Morgan fingerprint density at radius 2 is 1.90 bits per heavy atom. The fraction of sp³-hybridized carbons (Fsp3) is 0.500. The van der Waals surface area contributed by atoms with E-state index in [0.717, 1.165) is 10.9 Å². The summed E-state index contributed by atoms with van der Waals surface area (Å²) in [7, 11) is 0. The molecular formula is C22H26BrF3N2O2. The Kier molecular flexibility index (Phi) is 6.02. The molecule has 30 heavy (non-hydrogen) atoms. The number of hydrogen-bond acceptors (Lipinski definition) is 2. The van der Waals surface area contributed by atoms with Gasteiger partial charge in [0.05, 0.1) is 10.2 Å². The van der Waals surface area contributed by atoms with Gasteiger partial charge in [0, 0.05) is 24.0 Å². The summed E-state index contributed by atoms with van der Waals surface area (Å²) in [5, 5.41) is 0.773. The van der Waals surface area contributed by atoms with E-state index in [-0.39, 0.29) is 18.0 Å². The second kappa shape index (κ2) is 7.94. The van der Waals surface area contributed by atoms with Crippen LogP contribution in [0.2, 0.25) is 0 Å². The number of nitrogens with zero attached hydrogens (tertiary/aromatic N) is 1. The van der Waals surface area contributed by atoms with Crippen molar-refractivity contribution in [1.29, 1.82) is 0 Å². The van der Waals surface area contributed by atoms with Gasteiger partial charge in [-0.25, -0.2) is 4.79 Å². The maximum atomic E-state index is 13.9. The largest absolute Gasteiger partial charge is 0.444 e. The Labute approximate surface area is 182 Å². The number of aromatic nitrogens is 1. The summed E-state index contributed by atoms with van der Waals surface area (Å²) in [5.74, 6) is 0.140. The molecule has 0 bridgehead atoms. The molecule has 0 aliphatic carbocycles. The summed E-state index contributed by atoms with van der Waals surface area (Å²) in [6, 6.07) is 2.81. The third-order valence-electron chi connectivity index (χ3n) is 5.02. The van der Waals surface area contributed by atoms with Gasteiger partial charge < -0.3 is 14.6 Å². The lowest BCUT2D eigenvalue weighted by molar-refractivity contribution is -0.137. The van der Waals surface area contributed by atoms with Crippen molar-refractivity contribution in [2.45, 2.75) is 58.7 Å². The van der Waals surface area contributed by atoms with Crippen molar-refractivity contribution in [2.24, 2.45) is 0 Å². The van der Waals surface area contributed by atoms with E-state index < -0.39 is 23.4 Å². The van der Waals surface area contributed by atoms with Crippen LogP contribution in [0.3, 0.4) is 0 Å². The van der Waals surface area contributed by atoms with Gasteiger partial charge in [-0.2, -0.15) is 13.2 Å². The van der Waals surface area contributed by atoms with Crippen LogP contribution in [0.15, 0.2) is 22.8 Å². The highest BCUT2D eigenvalue weighted by Gasteiger charge is 2.36. The zero-order valence-electron chi connectivity index (χ0n) is 17.7. The van der Waals surface area contributed by atoms with Crippen LogP contribution in [0, 0.1) is 0 Å². The number of aromatic amines is 1. The van der Waals surface area contributed by atoms with Crippen molar-refractivity contribution >= 4 is 38.5 Å². The Bertz CT molecular complexity index is 1000. The van der Waals surface area contributed by atoms with E-state index in [4.69, 9.17) is 4.74 Å². The number of alkyl halides is 3. The Morgan fingerprint density at radius 3 is 2.40 bits per heavy atom. The lowest BCUT2D eigenvalue weighted by Gasteiger charge is -2.30. The van der Waals surface area contributed by atoms with E-state index in [9.17, 15) is 18.0 Å². The predicted octanol–water partition coefficient (Wildman–Crippen LogP) is 7.10. The van der Waals surface area contributed by atoms with Crippen molar-refractivity contribution in [3.05, 3.63) is 39.5 Å². The zero-order chi connectivity index (χ0) is 22.4. The number of benzene rings is 1. The Balaban J connectivity index is 2.02. The predicted molar refractivity (Wildman–Crippen MR) is 115 cm³/mol. The number of H-pyrrole nitrogens is 1. The number of halogens is 4. The van der Waals surface area contributed by atoms with Crippen LogP contribution in [0.4, 0.5) is 18.0 Å². The number of carbonyl (C=O) groups is 1. The minimum absolute atomic E-state index is 0.140. The van der Waals surface area contributed by atoms with Crippen LogP contribution < -0.4 is 0 Å². The van der Waals surface area contributed by atoms with Gasteiger partial charge in [-0.3, -0.25) is 0 Å². The molecule has 2 heterocycles. The number of fused-ring (bicyclic) bond motifs is 1. The number of rotatable bonds is 2. The fourth-order valence-corrected chi connectivity index (χ4v) is 4.59. The van der Waals surface area contributed by atoms with Gasteiger partial charge in [0.1, 0.15) is 5.60 Å². The monoisotopic (exact) mass is 486 g/mol. The minimum Gasteiger partial charge on any atom is -0.444 e. The molecule has 1 aliphatic heterocycles. The minimum atomic E-state index is -4.48. The molecule has 0 radical (unpaired) electrons. The van der Waals surface area contributed by atoms with Gasteiger partial charge in [0.2, 0.25) is 0 Å². The third kappa shape index (κ3) is 4.68. The molecule has 0 saturated heterocycles. The molecule has 2 aromatic rings. The first-order chi connectivity index (χ1) is 13.8. The standard InChI is InChI=1S/C22H26BrF3N2O2/c1-12(2)18-15-10-14(16(22(24,25)26)11-17(15)27-19(18)23)13-6-8-28(9-7-13)20(29)30-21(3,4)5/h6,10-12,27H,7-9H2,1-5H3. The van der Waals surface area contributed by atoms with Crippen LogP contribution in [-0.2, 0) is 10.9 Å². The highest BCUT2D eigenvalue weighted by molar-refractivity contribution is 9.10. The van der Waals surface area contributed by atoms with Gasteiger partial charge in [-0.1, -0.05) is 19.9 Å². The molecule has 164 valence electrons. The average molecular weight is 487 g/mol. The molecule has 0 spiro atoms. The second-order valence-corrected chi connectivity index (χ2v) is 9.65. The average Bonchev–Trinajstić information content (AvgIpc) is 2.93. The molecule has 4 nitrogen and oxygen atoms in total. The number of carbonyl (C=O) groups excluding carboxylic acids is 1. The fourth-order valence-electron chi connectivity index (χ4n) is 3.70. The molecule has 1 aromatic carbocycles. The summed E-state index contributed by atoms with van der Waals surface area (Å²) in [5.41, 5.74) is 0.879. The molecule has 1 N–H and O–H groups in total. The number of nitrogens with one attached hydrogen (secondary N) is 1. The summed E-state index contributed by atoms with van der Waals surface area (Å²) >= 11 is 3.44. The summed E-state index contributed by atoms with van der Waals surface area (Å²) in [6.45, 7) is 9.87. The van der Waals surface area contributed by atoms with E-state index in [2.05, 4.69) is 20.9 Å². The lowest BCUT2D eigenvalue weighted by atomic mass is 9.91. The van der Waals surface area contributed by atoms with Crippen molar-refractivity contribution in [3.63, 3.8) is 0 Å². The SMILES string of the molecule is CC(C)c1c(Br)[nH]c2cc(C(F)(F)F)c(C3=CCN(C(=O)OC(C)(C)C)CC3)cc12. The van der Waals surface area contributed by atoms with E-state index in [1.165, 1.54) is 11.0 Å².